The quantitative estimate of drug-likeness (QED) is 0.431. The van der Waals surface area contributed by atoms with Gasteiger partial charge in [0.2, 0.25) is 0 Å². The van der Waals surface area contributed by atoms with Crippen molar-refractivity contribution in [3.63, 3.8) is 0 Å². The summed E-state index contributed by atoms with van der Waals surface area (Å²) in [7, 11) is 0. The molecule has 4 aromatic rings. The molecule has 36 heavy (non-hydrogen) atoms. The van der Waals surface area contributed by atoms with Gasteiger partial charge in [-0.3, -0.25) is 4.79 Å². The standard InChI is InChI=1S/C27H31N7O2/c1-18-7-9-19(10-8-18)23-22-24(28)30-17-31-25(22)34(32-23)27(2,3)16-29-26(35)20-5-4-6-21(15-20)33-11-13-36-14-12-33/h4-10,15,17H,11-14,16H2,1-3H3,(H,29,35)(H2,28,30,31). The van der Waals surface area contributed by atoms with Crippen LogP contribution in [0.1, 0.15) is 29.8 Å². The first-order valence-electron chi connectivity index (χ1n) is 12.1. The largest absolute Gasteiger partial charge is 0.383 e. The number of hydrogen-bond donors (Lipinski definition) is 2. The van der Waals surface area contributed by atoms with E-state index in [0.29, 0.717) is 42.2 Å². The Morgan fingerprint density at radius 2 is 1.86 bits per heavy atom. The van der Waals surface area contributed by atoms with Crippen molar-refractivity contribution in [1.29, 1.82) is 0 Å². The van der Waals surface area contributed by atoms with E-state index in [1.165, 1.54) is 6.33 Å². The monoisotopic (exact) mass is 485 g/mol. The molecule has 5 rings (SSSR count). The minimum Gasteiger partial charge on any atom is -0.383 e. The van der Waals surface area contributed by atoms with Gasteiger partial charge in [0.05, 0.1) is 24.1 Å². The van der Waals surface area contributed by atoms with Gasteiger partial charge in [0, 0.05) is 36.4 Å². The Balaban J connectivity index is 1.40. The van der Waals surface area contributed by atoms with Gasteiger partial charge in [-0.1, -0.05) is 35.9 Å². The summed E-state index contributed by atoms with van der Waals surface area (Å²) in [6, 6.07) is 15.8. The molecule has 0 radical (unpaired) electrons. The Kier molecular flexibility index (Phi) is 6.32. The Labute approximate surface area is 210 Å². The highest BCUT2D eigenvalue weighted by molar-refractivity contribution is 5.98. The summed E-state index contributed by atoms with van der Waals surface area (Å²) in [5, 5.41) is 8.71. The van der Waals surface area contributed by atoms with E-state index in [0.717, 1.165) is 35.6 Å². The average Bonchev–Trinajstić information content (AvgIpc) is 3.30. The molecule has 1 amide bonds. The van der Waals surface area contributed by atoms with E-state index in [9.17, 15) is 4.79 Å². The van der Waals surface area contributed by atoms with Crippen LogP contribution in [-0.4, -0.2) is 58.5 Å². The van der Waals surface area contributed by atoms with Gasteiger partial charge in [-0.25, -0.2) is 14.6 Å². The minimum atomic E-state index is -0.584. The first-order chi connectivity index (χ1) is 17.3. The summed E-state index contributed by atoms with van der Waals surface area (Å²) >= 11 is 0. The molecule has 1 fully saturated rings. The lowest BCUT2D eigenvalue weighted by atomic mass is 10.1. The minimum absolute atomic E-state index is 0.137. The van der Waals surface area contributed by atoms with Crippen molar-refractivity contribution in [2.45, 2.75) is 26.3 Å². The second kappa shape index (κ2) is 9.58. The Hall–Kier alpha value is -3.98. The number of anilines is 2. The average molecular weight is 486 g/mol. The molecule has 3 N–H and O–H groups in total. The number of morpholine rings is 1. The number of rotatable bonds is 6. The molecule has 2 aromatic carbocycles. The number of nitrogens with one attached hydrogen (secondary N) is 1. The highest BCUT2D eigenvalue weighted by Gasteiger charge is 2.28. The molecule has 186 valence electrons. The van der Waals surface area contributed by atoms with Gasteiger partial charge < -0.3 is 20.7 Å². The number of amides is 1. The SMILES string of the molecule is Cc1ccc(-c2nn(C(C)(C)CNC(=O)c3cccc(N4CCOCC4)c3)c3ncnc(N)c23)cc1. The van der Waals surface area contributed by atoms with E-state index in [1.54, 1.807) is 0 Å². The summed E-state index contributed by atoms with van der Waals surface area (Å²) in [5.74, 6) is 0.240. The van der Waals surface area contributed by atoms with Crippen molar-refractivity contribution in [3.05, 3.63) is 66.0 Å². The predicted octanol–water partition coefficient (Wildman–Crippen LogP) is 3.39. The lowest BCUT2D eigenvalue weighted by Crippen LogP contribution is -2.41. The van der Waals surface area contributed by atoms with Gasteiger partial charge in [-0.2, -0.15) is 5.10 Å². The van der Waals surface area contributed by atoms with Gasteiger partial charge in [0.15, 0.2) is 5.65 Å². The first kappa shape index (κ1) is 23.7. The fourth-order valence-corrected chi connectivity index (χ4v) is 4.45. The molecule has 1 saturated heterocycles. The summed E-state index contributed by atoms with van der Waals surface area (Å²) in [5.41, 5.74) is 10.8. The van der Waals surface area contributed by atoms with Crippen molar-refractivity contribution in [1.82, 2.24) is 25.1 Å². The number of aryl methyl sites for hydroxylation is 1. The van der Waals surface area contributed by atoms with Crippen LogP contribution in [0, 0.1) is 6.92 Å². The van der Waals surface area contributed by atoms with Crippen LogP contribution in [0.15, 0.2) is 54.9 Å². The van der Waals surface area contributed by atoms with Crippen molar-refractivity contribution in [3.8, 4) is 11.3 Å². The molecule has 9 nitrogen and oxygen atoms in total. The van der Waals surface area contributed by atoms with Crippen LogP contribution in [0.2, 0.25) is 0 Å². The number of nitrogens with two attached hydrogens (primary N) is 1. The van der Waals surface area contributed by atoms with Crippen LogP contribution in [0.5, 0.6) is 0 Å². The van der Waals surface area contributed by atoms with E-state index in [2.05, 4.69) is 20.2 Å². The number of fused-ring (bicyclic) bond motifs is 1. The number of nitrogen functional groups attached to an aromatic ring is 1. The molecule has 0 aliphatic carbocycles. The predicted molar refractivity (Wildman–Crippen MR) is 141 cm³/mol. The molecule has 0 saturated carbocycles. The van der Waals surface area contributed by atoms with Crippen molar-refractivity contribution in [2.24, 2.45) is 0 Å². The number of benzene rings is 2. The van der Waals surface area contributed by atoms with Crippen LogP contribution < -0.4 is 16.0 Å². The highest BCUT2D eigenvalue weighted by atomic mass is 16.5. The lowest BCUT2D eigenvalue weighted by molar-refractivity contribution is 0.0936. The van der Waals surface area contributed by atoms with Gasteiger partial charge in [0.1, 0.15) is 17.8 Å². The molecule has 3 heterocycles. The number of nitrogens with zero attached hydrogens (tertiary/aromatic N) is 5. The molecule has 0 atom stereocenters. The first-order valence-corrected chi connectivity index (χ1v) is 12.1. The summed E-state index contributed by atoms with van der Waals surface area (Å²) < 4.78 is 7.28. The van der Waals surface area contributed by atoms with Gasteiger partial charge in [-0.05, 0) is 39.0 Å². The number of carbonyl (C=O) groups is 1. The summed E-state index contributed by atoms with van der Waals surface area (Å²) in [4.78, 5) is 24.0. The second-order valence-electron chi connectivity index (χ2n) is 9.73. The van der Waals surface area contributed by atoms with Crippen molar-refractivity contribution >= 4 is 28.4 Å². The molecular weight excluding hydrogens is 454 g/mol. The molecule has 2 aromatic heterocycles. The normalized spacial score (nSPS) is 14.2. The van der Waals surface area contributed by atoms with Crippen LogP contribution in [0.4, 0.5) is 11.5 Å². The van der Waals surface area contributed by atoms with Crippen LogP contribution in [0.3, 0.4) is 0 Å². The van der Waals surface area contributed by atoms with Crippen LogP contribution in [0.25, 0.3) is 22.3 Å². The summed E-state index contributed by atoms with van der Waals surface area (Å²) in [6.45, 7) is 9.45. The zero-order chi connectivity index (χ0) is 25.3. The maximum absolute atomic E-state index is 13.1. The molecule has 9 heteroatoms. The van der Waals surface area contributed by atoms with E-state index < -0.39 is 5.54 Å². The Morgan fingerprint density at radius 1 is 1.11 bits per heavy atom. The molecule has 0 unspecified atom stereocenters. The maximum Gasteiger partial charge on any atom is 0.251 e. The fraction of sp³-hybridized carbons (Fsp3) is 0.333. The second-order valence-corrected chi connectivity index (χ2v) is 9.73. The number of aromatic nitrogens is 4. The lowest BCUT2D eigenvalue weighted by Gasteiger charge is -2.29. The third kappa shape index (κ3) is 4.61. The Morgan fingerprint density at radius 3 is 2.61 bits per heavy atom. The number of carbonyl (C=O) groups excluding carboxylic acids is 1. The number of hydrogen-bond acceptors (Lipinski definition) is 7. The topological polar surface area (TPSA) is 111 Å². The highest BCUT2D eigenvalue weighted by Crippen LogP contribution is 2.33. The smallest absolute Gasteiger partial charge is 0.251 e. The Bertz CT molecular complexity index is 1390. The molecular formula is C27H31N7O2. The van der Waals surface area contributed by atoms with Crippen LogP contribution in [-0.2, 0) is 10.3 Å². The van der Waals surface area contributed by atoms with E-state index in [4.69, 9.17) is 15.6 Å². The molecule has 0 bridgehead atoms. The van der Waals surface area contributed by atoms with Crippen molar-refractivity contribution in [2.75, 3.05) is 43.5 Å². The third-order valence-corrected chi connectivity index (χ3v) is 6.56. The zero-order valence-electron chi connectivity index (χ0n) is 20.9. The van der Waals surface area contributed by atoms with Gasteiger partial charge in [0.25, 0.3) is 5.91 Å². The fourth-order valence-electron chi connectivity index (χ4n) is 4.45. The number of ether oxygens (including phenoxy) is 1. The van der Waals surface area contributed by atoms with Crippen molar-refractivity contribution < 1.29 is 9.53 Å². The van der Waals surface area contributed by atoms with E-state index >= 15 is 0 Å². The van der Waals surface area contributed by atoms with Gasteiger partial charge >= 0.3 is 0 Å². The van der Waals surface area contributed by atoms with Gasteiger partial charge in [-0.15, -0.1) is 0 Å². The molecule has 1 aliphatic rings. The van der Waals surface area contributed by atoms with E-state index in [-0.39, 0.29) is 5.91 Å². The maximum atomic E-state index is 13.1. The summed E-state index contributed by atoms with van der Waals surface area (Å²) in [6.07, 6.45) is 1.45. The molecule has 1 aliphatic heterocycles. The van der Waals surface area contributed by atoms with Crippen LogP contribution >= 0.6 is 0 Å². The zero-order valence-corrected chi connectivity index (χ0v) is 20.9. The van der Waals surface area contributed by atoms with E-state index in [1.807, 2.05) is 74.0 Å². The third-order valence-electron chi connectivity index (χ3n) is 6.56. The molecule has 0 spiro atoms.